The molecule has 0 heterocycles. The minimum atomic E-state index is 0.308. The standard InChI is InChI=1S/C11H9NO/c1-12-10-4-2-9-7-11(13)5-3-8(9)6-10/h2,4,6H,3,5,7H2. The van der Waals surface area contributed by atoms with Crippen molar-refractivity contribution >= 4 is 11.5 Å². The van der Waals surface area contributed by atoms with Crippen molar-refractivity contribution in [1.29, 1.82) is 0 Å². The lowest BCUT2D eigenvalue weighted by Crippen LogP contribution is -2.12. The molecule has 0 saturated heterocycles. The van der Waals surface area contributed by atoms with E-state index in [4.69, 9.17) is 6.57 Å². The number of hydrogen-bond donors (Lipinski definition) is 0. The molecule has 2 heteroatoms. The first-order chi connectivity index (χ1) is 6.29. The molecule has 64 valence electrons. The number of carbonyl (C=O) groups is 1. The number of hydrogen-bond acceptors (Lipinski definition) is 1. The van der Waals surface area contributed by atoms with E-state index >= 15 is 0 Å². The van der Waals surface area contributed by atoms with Crippen molar-refractivity contribution in [2.45, 2.75) is 19.3 Å². The Labute approximate surface area is 77.0 Å². The van der Waals surface area contributed by atoms with Crippen molar-refractivity contribution in [2.75, 3.05) is 0 Å². The van der Waals surface area contributed by atoms with Gasteiger partial charge in [0.15, 0.2) is 5.69 Å². The molecule has 0 fully saturated rings. The molecule has 13 heavy (non-hydrogen) atoms. The highest BCUT2D eigenvalue weighted by Crippen LogP contribution is 2.23. The highest BCUT2D eigenvalue weighted by atomic mass is 16.1. The van der Waals surface area contributed by atoms with E-state index < -0.39 is 0 Å². The number of benzene rings is 1. The van der Waals surface area contributed by atoms with E-state index in [-0.39, 0.29) is 0 Å². The minimum absolute atomic E-state index is 0.308. The first kappa shape index (κ1) is 8.00. The van der Waals surface area contributed by atoms with E-state index in [2.05, 4.69) is 4.85 Å². The molecular formula is C11H9NO. The molecule has 0 radical (unpaired) electrons. The van der Waals surface area contributed by atoms with E-state index in [0.717, 1.165) is 12.0 Å². The van der Waals surface area contributed by atoms with Crippen LogP contribution < -0.4 is 0 Å². The van der Waals surface area contributed by atoms with E-state index in [0.29, 0.717) is 24.3 Å². The van der Waals surface area contributed by atoms with Gasteiger partial charge in [0.1, 0.15) is 5.78 Å². The molecule has 0 amide bonds. The maximum atomic E-state index is 11.1. The summed E-state index contributed by atoms with van der Waals surface area (Å²) in [6, 6.07) is 5.58. The SMILES string of the molecule is [C-]#[N+]c1ccc2c(c1)CCC(=O)C2. The fourth-order valence-corrected chi connectivity index (χ4v) is 1.66. The Hall–Kier alpha value is -1.62. The van der Waals surface area contributed by atoms with Crippen LogP contribution in [0, 0.1) is 6.57 Å². The molecule has 0 saturated carbocycles. The van der Waals surface area contributed by atoms with E-state index in [9.17, 15) is 4.79 Å². The summed E-state index contributed by atoms with van der Waals surface area (Å²) in [5.41, 5.74) is 2.95. The molecule has 0 aliphatic heterocycles. The molecule has 1 aromatic rings. The Morgan fingerprint density at radius 3 is 2.85 bits per heavy atom. The fourth-order valence-electron chi connectivity index (χ4n) is 1.66. The van der Waals surface area contributed by atoms with Crippen molar-refractivity contribution in [2.24, 2.45) is 0 Å². The molecule has 1 aliphatic carbocycles. The summed E-state index contributed by atoms with van der Waals surface area (Å²) in [7, 11) is 0. The van der Waals surface area contributed by atoms with Gasteiger partial charge in [-0.25, -0.2) is 4.85 Å². The lowest BCUT2D eigenvalue weighted by molar-refractivity contribution is -0.118. The van der Waals surface area contributed by atoms with Crippen LogP contribution in [-0.4, -0.2) is 5.78 Å². The highest BCUT2D eigenvalue weighted by molar-refractivity contribution is 5.83. The largest absolute Gasteiger partial charge is 0.299 e. The van der Waals surface area contributed by atoms with Crippen LogP contribution in [0.4, 0.5) is 5.69 Å². The Bertz CT molecular complexity index is 401. The normalized spacial score (nSPS) is 14.8. The number of carbonyl (C=O) groups excluding carboxylic acids is 1. The van der Waals surface area contributed by atoms with Gasteiger partial charge in [0.2, 0.25) is 0 Å². The quantitative estimate of drug-likeness (QED) is 0.549. The Morgan fingerprint density at radius 1 is 1.23 bits per heavy atom. The van der Waals surface area contributed by atoms with Gasteiger partial charge in [0.05, 0.1) is 6.57 Å². The number of ketones is 1. The van der Waals surface area contributed by atoms with Gasteiger partial charge in [-0.1, -0.05) is 23.8 Å². The Balaban J connectivity index is 2.43. The van der Waals surface area contributed by atoms with Crippen molar-refractivity contribution < 1.29 is 4.79 Å². The van der Waals surface area contributed by atoms with Gasteiger partial charge >= 0.3 is 0 Å². The first-order valence-electron chi connectivity index (χ1n) is 4.30. The average Bonchev–Trinajstić information content (AvgIpc) is 2.17. The van der Waals surface area contributed by atoms with Gasteiger partial charge in [-0.15, -0.1) is 0 Å². The Morgan fingerprint density at radius 2 is 2.08 bits per heavy atom. The van der Waals surface area contributed by atoms with Crippen molar-refractivity contribution in [3.05, 3.63) is 40.7 Å². The maximum absolute atomic E-state index is 11.1. The van der Waals surface area contributed by atoms with Crippen LogP contribution in [0.2, 0.25) is 0 Å². The number of aryl methyl sites for hydroxylation is 1. The second kappa shape index (κ2) is 3.02. The summed E-state index contributed by atoms with van der Waals surface area (Å²) in [5.74, 6) is 0.308. The molecule has 0 spiro atoms. The van der Waals surface area contributed by atoms with Crippen molar-refractivity contribution in [3.8, 4) is 0 Å². The zero-order valence-corrected chi connectivity index (χ0v) is 7.21. The summed E-state index contributed by atoms with van der Waals surface area (Å²) in [6.45, 7) is 6.86. The first-order valence-corrected chi connectivity index (χ1v) is 4.30. The van der Waals surface area contributed by atoms with Gasteiger partial charge in [-0.2, -0.15) is 0 Å². The predicted molar refractivity (Wildman–Crippen MR) is 49.7 cm³/mol. The molecule has 0 unspecified atom stereocenters. The number of rotatable bonds is 0. The molecule has 2 rings (SSSR count). The van der Waals surface area contributed by atoms with Gasteiger partial charge in [-0.3, -0.25) is 4.79 Å². The summed E-state index contributed by atoms with van der Waals surface area (Å²) >= 11 is 0. The lowest BCUT2D eigenvalue weighted by Gasteiger charge is -2.14. The molecule has 0 bridgehead atoms. The average molecular weight is 171 g/mol. The van der Waals surface area contributed by atoms with E-state index in [1.807, 2.05) is 12.1 Å². The summed E-state index contributed by atoms with van der Waals surface area (Å²) in [4.78, 5) is 14.5. The van der Waals surface area contributed by atoms with Gasteiger partial charge < -0.3 is 0 Å². The minimum Gasteiger partial charge on any atom is -0.299 e. The molecule has 1 aromatic carbocycles. The third-order valence-electron chi connectivity index (χ3n) is 2.38. The van der Waals surface area contributed by atoms with Crippen molar-refractivity contribution in [1.82, 2.24) is 0 Å². The molecular weight excluding hydrogens is 162 g/mol. The monoisotopic (exact) mass is 171 g/mol. The predicted octanol–water partition coefficient (Wildman–Crippen LogP) is 2.30. The second-order valence-electron chi connectivity index (χ2n) is 3.28. The third kappa shape index (κ3) is 1.46. The maximum Gasteiger partial charge on any atom is 0.187 e. The molecule has 1 aliphatic rings. The van der Waals surface area contributed by atoms with Gasteiger partial charge in [-0.05, 0) is 12.0 Å². The number of fused-ring (bicyclic) bond motifs is 1. The summed E-state index contributed by atoms with van der Waals surface area (Å²) < 4.78 is 0. The zero-order valence-electron chi connectivity index (χ0n) is 7.21. The number of nitrogens with zero attached hydrogens (tertiary/aromatic N) is 1. The lowest BCUT2D eigenvalue weighted by atomic mass is 9.90. The zero-order chi connectivity index (χ0) is 9.26. The number of Topliss-reactive ketones (excluding diaryl/α,β-unsaturated/α-hetero) is 1. The van der Waals surface area contributed by atoms with Crippen LogP contribution >= 0.6 is 0 Å². The van der Waals surface area contributed by atoms with Crippen molar-refractivity contribution in [3.63, 3.8) is 0 Å². The van der Waals surface area contributed by atoms with E-state index in [1.165, 1.54) is 5.56 Å². The third-order valence-corrected chi connectivity index (χ3v) is 2.38. The highest BCUT2D eigenvalue weighted by Gasteiger charge is 2.14. The van der Waals surface area contributed by atoms with E-state index in [1.54, 1.807) is 6.07 Å². The van der Waals surface area contributed by atoms with Crippen LogP contribution in [0.25, 0.3) is 4.85 Å². The summed E-state index contributed by atoms with van der Waals surface area (Å²) in [6.07, 6.45) is 1.99. The van der Waals surface area contributed by atoms with Crippen LogP contribution in [0.1, 0.15) is 17.5 Å². The molecule has 2 nitrogen and oxygen atoms in total. The Kier molecular flexibility index (Phi) is 1.86. The van der Waals surface area contributed by atoms with Gasteiger partial charge in [0.25, 0.3) is 0 Å². The smallest absolute Gasteiger partial charge is 0.187 e. The van der Waals surface area contributed by atoms with Crippen LogP contribution in [-0.2, 0) is 17.6 Å². The van der Waals surface area contributed by atoms with Crippen LogP contribution in [0.15, 0.2) is 18.2 Å². The van der Waals surface area contributed by atoms with Gasteiger partial charge in [0, 0.05) is 12.8 Å². The van der Waals surface area contributed by atoms with Crippen LogP contribution in [0.5, 0.6) is 0 Å². The fraction of sp³-hybridized carbons (Fsp3) is 0.273. The topological polar surface area (TPSA) is 21.4 Å². The molecule has 0 atom stereocenters. The molecule has 0 aromatic heterocycles. The summed E-state index contributed by atoms with van der Waals surface area (Å²) in [5, 5.41) is 0. The molecule has 0 N–H and O–H groups in total. The van der Waals surface area contributed by atoms with Crippen LogP contribution in [0.3, 0.4) is 0 Å². The second-order valence-corrected chi connectivity index (χ2v) is 3.28.